The van der Waals surface area contributed by atoms with E-state index in [0.717, 1.165) is 17.8 Å². The van der Waals surface area contributed by atoms with E-state index in [1.807, 2.05) is 36.4 Å². The fraction of sp³-hybridized carbons (Fsp3) is 0.125. The van der Waals surface area contributed by atoms with E-state index in [0.29, 0.717) is 0 Å². The second kappa shape index (κ2) is 5.92. The Hall–Kier alpha value is -2.22. The Morgan fingerprint density at radius 1 is 1.06 bits per heavy atom. The summed E-state index contributed by atoms with van der Waals surface area (Å²) in [5, 5.41) is 3.50. The molecule has 0 radical (unpaired) electrons. The van der Waals surface area contributed by atoms with E-state index in [1.54, 1.807) is 0 Å². The lowest BCUT2D eigenvalue weighted by atomic mass is 10.0. The zero-order valence-corrected chi connectivity index (χ0v) is 10.3. The molecule has 0 spiro atoms. The van der Waals surface area contributed by atoms with Crippen LogP contribution in [-0.4, -0.2) is 0 Å². The Bertz CT molecular complexity index is 488. The zero-order valence-electron chi connectivity index (χ0n) is 10.3. The number of anilines is 2. The highest BCUT2D eigenvalue weighted by molar-refractivity contribution is 5.52. The Morgan fingerprint density at radius 3 is 2.33 bits per heavy atom. The molecule has 0 fully saturated rings. The lowest BCUT2D eigenvalue weighted by molar-refractivity contribution is 0.799. The third-order valence-corrected chi connectivity index (χ3v) is 2.86. The maximum absolute atomic E-state index is 5.68. The lowest BCUT2D eigenvalue weighted by Crippen LogP contribution is -2.09. The van der Waals surface area contributed by atoms with Gasteiger partial charge in [0.2, 0.25) is 0 Å². The second-order valence-electron chi connectivity index (χ2n) is 4.25. The van der Waals surface area contributed by atoms with Crippen LogP contribution in [0.4, 0.5) is 11.4 Å². The van der Waals surface area contributed by atoms with Crippen molar-refractivity contribution in [2.45, 2.75) is 12.5 Å². The van der Waals surface area contributed by atoms with Gasteiger partial charge in [0.15, 0.2) is 0 Å². The first-order chi connectivity index (χ1) is 8.79. The maximum Gasteiger partial charge on any atom is 0.0548 e. The number of hydrogen-bond donors (Lipinski definition) is 2. The summed E-state index contributed by atoms with van der Waals surface area (Å²) < 4.78 is 0. The van der Waals surface area contributed by atoms with Crippen LogP contribution in [-0.2, 0) is 0 Å². The molecule has 0 amide bonds. The summed E-state index contributed by atoms with van der Waals surface area (Å²) in [4.78, 5) is 0. The van der Waals surface area contributed by atoms with Crippen molar-refractivity contribution < 1.29 is 0 Å². The molecule has 3 N–H and O–H groups in total. The summed E-state index contributed by atoms with van der Waals surface area (Å²) in [6.45, 7) is 3.82. The van der Waals surface area contributed by atoms with Gasteiger partial charge in [0, 0.05) is 11.4 Å². The van der Waals surface area contributed by atoms with Crippen molar-refractivity contribution in [3.63, 3.8) is 0 Å². The average Bonchev–Trinajstić information content (AvgIpc) is 2.42. The average molecular weight is 238 g/mol. The van der Waals surface area contributed by atoms with Crippen molar-refractivity contribution in [3.05, 3.63) is 72.8 Å². The van der Waals surface area contributed by atoms with Gasteiger partial charge in [-0.05, 0) is 36.2 Å². The third kappa shape index (κ3) is 3.14. The minimum atomic E-state index is 0.243. The third-order valence-electron chi connectivity index (χ3n) is 2.86. The largest absolute Gasteiger partial charge is 0.399 e. The van der Waals surface area contributed by atoms with Crippen molar-refractivity contribution in [1.29, 1.82) is 0 Å². The molecular formula is C16H18N2. The van der Waals surface area contributed by atoms with Crippen molar-refractivity contribution >= 4 is 11.4 Å². The van der Waals surface area contributed by atoms with Crippen LogP contribution in [0.5, 0.6) is 0 Å². The summed E-state index contributed by atoms with van der Waals surface area (Å²) in [6, 6.07) is 18.4. The van der Waals surface area contributed by atoms with Crippen LogP contribution >= 0.6 is 0 Å². The van der Waals surface area contributed by atoms with Crippen LogP contribution in [0, 0.1) is 0 Å². The summed E-state index contributed by atoms with van der Waals surface area (Å²) >= 11 is 0. The van der Waals surface area contributed by atoms with Crippen LogP contribution < -0.4 is 11.1 Å². The zero-order chi connectivity index (χ0) is 12.8. The smallest absolute Gasteiger partial charge is 0.0548 e. The Balaban J connectivity index is 2.16. The maximum atomic E-state index is 5.68. The lowest BCUT2D eigenvalue weighted by Gasteiger charge is -2.19. The van der Waals surface area contributed by atoms with Crippen molar-refractivity contribution in [2.24, 2.45) is 0 Å². The topological polar surface area (TPSA) is 38.0 Å². The molecule has 18 heavy (non-hydrogen) atoms. The fourth-order valence-electron chi connectivity index (χ4n) is 1.91. The summed E-state index contributed by atoms with van der Waals surface area (Å²) in [5.41, 5.74) is 8.79. The van der Waals surface area contributed by atoms with E-state index in [1.165, 1.54) is 5.56 Å². The predicted octanol–water partition coefficient (Wildman–Crippen LogP) is 4.00. The van der Waals surface area contributed by atoms with Gasteiger partial charge < -0.3 is 11.1 Å². The van der Waals surface area contributed by atoms with E-state index in [-0.39, 0.29) is 6.04 Å². The molecule has 0 heterocycles. The highest BCUT2D eigenvalue weighted by Crippen LogP contribution is 2.23. The molecule has 0 aliphatic rings. The van der Waals surface area contributed by atoms with Gasteiger partial charge >= 0.3 is 0 Å². The number of nitrogens with one attached hydrogen (secondary N) is 1. The normalized spacial score (nSPS) is 11.8. The minimum absolute atomic E-state index is 0.243. The fourth-order valence-corrected chi connectivity index (χ4v) is 1.91. The quantitative estimate of drug-likeness (QED) is 0.610. The Kier molecular flexibility index (Phi) is 4.02. The van der Waals surface area contributed by atoms with Crippen LogP contribution in [0.15, 0.2) is 67.3 Å². The molecule has 1 atom stereocenters. The van der Waals surface area contributed by atoms with Crippen LogP contribution in [0.2, 0.25) is 0 Å². The molecular weight excluding hydrogens is 220 g/mol. The van der Waals surface area contributed by atoms with E-state index >= 15 is 0 Å². The molecule has 0 saturated heterocycles. The van der Waals surface area contributed by atoms with Crippen molar-refractivity contribution in [2.75, 3.05) is 11.1 Å². The first kappa shape index (κ1) is 12.2. The van der Waals surface area contributed by atoms with Crippen LogP contribution in [0.3, 0.4) is 0 Å². The van der Waals surface area contributed by atoms with E-state index in [2.05, 4.69) is 36.2 Å². The molecule has 2 heteroatoms. The van der Waals surface area contributed by atoms with Gasteiger partial charge in [-0.15, -0.1) is 6.58 Å². The van der Waals surface area contributed by atoms with E-state index < -0.39 is 0 Å². The van der Waals surface area contributed by atoms with E-state index in [9.17, 15) is 0 Å². The second-order valence-corrected chi connectivity index (χ2v) is 4.25. The minimum Gasteiger partial charge on any atom is -0.399 e. The summed E-state index contributed by atoms with van der Waals surface area (Å²) in [5.74, 6) is 0. The van der Waals surface area contributed by atoms with Crippen LogP contribution in [0.1, 0.15) is 18.0 Å². The van der Waals surface area contributed by atoms with Gasteiger partial charge in [0.05, 0.1) is 6.04 Å². The molecule has 2 aromatic rings. The van der Waals surface area contributed by atoms with Crippen LogP contribution in [0.25, 0.3) is 0 Å². The van der Waals surface area contributed by atoms with E-state index in [4.69, 9.17) is 5.73 Å². The first-order valence-corrected chi connectivity index (χ1v) is 6.07. The molecule has 0 aliphatic carbocycles. The molecule has 0 aromatic heterocycles. The SMILES string of the molecule is C=CCC(Nc1ccc(N)cc1)c1ccccc1. The summed E-state index contributed by atoms with van der Waals surface area (Å²) in [7, 11) is 0. The highest BCUT2D eigenvalue weighted by atomic mass is 14.9. The molecule has 2 nitrogen and oxygen atoms in total. The van der Waals surface area contributed by atoms with Gasteiger partial charge in [-0.3, -0.25) is 0 Å². The monoisotopic (exact) mass is 238 g/mol. The standard InChI is InChI=1S/C16H18N2/c1-2-6-16(13-7-4-3-5-8-13)18-15-11-9-14(17)10-12-15/h2-5,7-12,16,18H,1,6,17H2. The Morgan fingerprint density at radius 2 is 1.72 bits per heavy atom. The Labute approximate surface area is 108 Å². The number of hydrogen-bond acceptors (Lipinski definition) is 2. The molecule has 0 aliphatic heterocycles. The molecule has 0 bridgehead atoms. The molecule has 1 unspecified atom stereocenters. The summed E-state index contributed by atoms with van der Waals surface area (Å²) in [6.07, 6.45) is 2.82. The molecule has 92 valence electrons. The van der Waals surface area contributed by atoms with Crippen molar-refractivity contribution in [1.82, 2.24) is 0 Å². The molecule has 0 saturated carbocycles. The van der Waals surface area contributed by atoms with Gasteiger partial charge in [-0.2, -0.15) is 0 Å². The highest BCUT2D eigenvalue weighted by Gasteiger charge is 2.08. The number of benzene rings is 2. The number of nitrogen functional groups attached to an aromatic ring is 1. The number of rotatable bonds is 5. The van der Waals surface area contributed by atoms with Gasteiger partial charge in [-0.1, -0.05) is 36.4 Å². The van der Waals surface area contributed by atoms with Gasteiger partial charge in [-0.25, -0.2) is 0 Å². The molecule has 2 rings (SSSR count). The van der Waals surface area contributed by atoms with Gasteiger partial charge in [0.25, 0.3) is 0 Å². The predicted molar refractivity (Wildman–Crippen MR) is 78.5 cm³/mol. The van der Waals surface area contributed by atoms with Crippen molar-refractivity contribution in [3.8, 4) is 0 Å². The molecule has 2 aromatic carbocycles. The van der Waals surface area contributed by atoms with Gasteiger partial charge in [0.1, 0.15) is 0 Å². The number of nitrogens with two attached hydrogens (primary N) is 1. The first-order valence-electron chi connectivity index (χ1n) is 6.07.